The normalized spacial score (nSPS) is 20.7. The van der Waals surface area contributed by atoms with Gasteiger partial charge in [-0.25, -0.2) is 0 Å². The highest BCUT2D eigenvalue weighted by Crippen LogP contribution is 2.30. The summed E-state index contributed by atoms with van der Waals surface area (Å²) in [5.41, 5.74) is 1.08. The lowest BCUT2D eigenvalue weighted by Crippen LogP contribution is -2.30. The van der Waals surface area contributed by atoms with Gasteiger partial charge in [-0.2, -0.15) is 0 Å². The lowest BCUT2D eigenvalue weighted by molar-refractivity contribution is -0.141. The molecule has 1 aromatic carbocycles. The first-order chi connectivity index (χ1) is 10.5. The first-order valence-corrected chi connectivity index (χ1v) is 7.47. The van der Waals surface area contributed by atoms with Crippen molar-refractivity contribution in [3.63, 3.8) is 0 Å². The summed E-state index contributed by atoms with van der Waals surface area (Å²) in [6, 6.07) is 6.81. The van der Waals surface area contributed by atoms with E-state index >= 15 is 0 Å². The number of hydrogen-bond acceptors (Lipinski definition) is 3. The Morgan fingerprint density at radius 2 is 1.91 bits per heavy atom. The molecule has 0 aromatic heterocycles. The number of aliphatic carboxylic acids is 1. The second-order valence-corrected chi connectivity index (χ2v) is 5.92. The van der Waals surface area contributed by atoms with E-state index < -0.39 is 11.9 Å². The van der Waals surface area contributed by atoms with Gasteiger partial charge in [-0.05, 0) is 37.5 Å². The highest BCUT2D eigenvalue weighted by atomic mass is 16.4. The largest absolute Gasteiger partial charge is 0.481 e. The maximum atomic E-state index is 12.4. The standard InChI is InChI=1S/C16H18N2O4/c19-14(10-4-5-10)17-13-3-1-2-11(8-13)15(20)18-7-6-12(9-18)16(21)22/h1-3,8,10,12H,4-7,9H2,(H,17,19)(H,21,22). The van der Waals surface area contributed by atoms with Crippen molar-refractivity contribution in [1.29, 1.82) is 0 Å². The van der Waals surface area contributed by atoms with Crippen LogP contribution < -0.4 is 5.32 Å². The summed E-state index contributed by atoms with van der Waals surface area (Å²) in [4.78, 5) is 36.7. The molecule has 1 unspecified atom stereocenters. The lowest BCUT2D eigenvalue weighted by Gasteiger charge is -2.16. The Labute approximate surface area is 128 Å². The van der Waals surface area contributed by atoms with E-state index in [1.54, 1.807) is 29.2 Å². The van der Waals surface area contributed by atoms with Gasteiger partial charge < -0.3 is 15.3 Å². The number of carboxylic acids is 1. The van der Waals surface area contributed by atoms with Crippen LogP contribution in [-0.2, 0) is 9.59 Å². The topological polar surface area (TPSA) is 86.7 Å². The molecular formula is C16H18N2O4. The van der Waals surface area contributed by atoms with Crippen molar-refractivity contribution in [2.24, 2.45) is 11.8 Å². The minimum absolute atomic E-state index is 0.00304. The minimum atomic E-state index is -0.860. The van der Waals surface area contributed by atoms with Gasteiger partial charge in [-0.15, -0.1) is 0 Å². The summed E-state index contributed by atoms with van der Waals surface area (Å²) in [5.74, 6) is -1.43. The Hall–Kier alpha value is -2.37. The Bertz CT molecular complexity index is 624. The zero-order valence-electron chi connectivity index (χ0n) is 12.1. The summed E-state index contributed by atoms with van der Waals surface area (Å²) in [6.45, 7) is 0.696. The summed E-state index contributed by atoms with van der Waals surface area (Å²) in [5, 5.41) is 11.8. The van der Waals surface area contributed by atoms with Gasteiger partial charge >= 0.3 is 5.97 Å². The van der Waals surface area contributed by atoms with Crippen molar-refractivity contribution in [1.82, 2.24) is 4.90 Å². The highest BCUT2D eigenvalue weighted by molar-refractivity contribution is 5.98. The molecular weight excluding hydrogens is 284 g/mol. The minimum Gasteiger partial charge on any atom is -0.481 e. The summed E-state index contributed by atoms with van der Waals surface area (Å²) < 4.78 is 0. The van der Waals surface area contributed by atoms with Crippen molar-refractivity contribution >= 4 is 23.5 Å². The molecule has 116 valence electrons. The molecule has 2 N–H and O–H groups in total. The van der Waals surface area contributed by atoms with E-state index in [4.69, 9.17) is 5.11 Å². The molecule has 22 heavy (non-hydrogen) atoms. The number of amides is 2. The number of carbonyl (C=O) groups excluding carboxylic acids is 2. The van der Waals surface area contributed by atoms with E-state index in [1.807, 2.05) is 0 Å². The third kappa shape index (κ3) is 3.10. The molecule has 6 heteroatoms. The molecule has 1 heterocycles. The van der Waals surface area contributed by atoms with Crippen LogP contribution in [0.15, 0.2) is 24.3 Å². The Morgan fingerprint density at radius 1 is 1.14 bits per heavy atom. The maximum absolute atomic E-state index is 12.4. The molecule has 0 spiro atoms. The number of anilines is 1. The van der Waals surface area contributed by atoms with Crippen molar-refractivity contribution in [3.05, 3.63) is 29.8 Å². The molecule has 1 atom stereocenters. The zero-order valence-corrected chi connectivity index (χ0v) is 12.1. The quantitative estimate of drug-likeness (QED) is 0.884. The number of nitrogens with zero attached hydrogens (tertiary/aromatic N) is 1. The van der Waals surface area contributed by atoms with Crippen molar-refractivity contribution in [2.45, 2.75) is 19.3 Å². The van der Waals surface area contributed by atoms with E-state index in [1.165, 1.54) is 0 Å². The number of benzene rings is 1. The number of rotatable bonds is 4. The molecule has 3 rings (SSSR count). The molecule has 1 aliphatic carbocycles. The van der Waals surface area contributed by atoms with E-state index in [0.29, 0.717) is 24.2 Å². The third-order valence-electron chi connectivity index (χ3n) is 4.15. The van der Waals surface area contributed by atoms with Crippen LogP contribution in [0.2, 0.25) is 0 Å². The number of carbonyl (C=O) groups is 3. The molecule has 2 amide bonds. The van der Waals surface area contributed by atoms with Crippen LogP contribution in [0.25, 0.3) is 0 Å². The van der Waals surface area contributed by atoms with Crippen LogP contribution in [0.4, 0.5) is 5.69 Å². The van der Waals surface area contributed by atoms with Gasteiger partial charge in [-0.1, -0.05) is 6.07 Å². The lowest BCUT2D eigenvalue weighted by atomic mass is 10.1. The molecule has 0 radical (unpaired) electrons. The molecule has 1 aromatic rings. The number of nitrogens with one attached hydrogen (secondary N) is 1. The molecule has 1 aliphatic heterocycles. The van der Waals surface area contributed by atoms with Gasteiger partial charge in [0.2, 0.25) is 5.91 Å². The number of carboxylic acid groups (broad SMARTS) is 1. The van der Waals surface area contributed by atoms with E-state index in [0.717, 1.165) is 12.8 Å². The predicted molar refractivity (Wildman–Crippen MR) is 79.4 cm³/mol. The van der Waals surface area contributed by atoms with Crippen molar-refractivity contribution < 1.29 is 19.5 Å². The molecule has 6 nitrogen and oxygen atoms in total. The second-order valence-electron chi connectivity index (χ2n) is 5.92. The van der Waals surface area contributed by atoms with Gasteiger partial charge in [0.05, 0.1) is 5.92 Å². The average Bonchev–Trinajstić information content (AvgIpc) is 3.23. The maximum Gasteiger partial charge on any atom is 0.308 e. The van der Waals surface area contributed by atoms with Crippen LogP contribution in [0.3, 0.4) is 0 Å². The number of likely N-dealkylation sites (tertiary alicyclic amines) is 1. The van der Waals surface area contributed by atoms with Gasteiger partial charge in [0.15, 0.2) is 0 Å². The van der Waals surface area contributed by atoms with E-state index in [9.17, 15) is 14.4 Å². The van der Waals surface area contributed by atoms with E-state index in [2.05, 4.69) is 5.32 Å². The monoisotopic (exact) mass is 302 g/mol. The smallest absolute Gasteiger partial charge is 0.308 e. The van der Waals surface area contributed by atoms with Crippen LogP contribution in [-0.4, -0.2) is 40.9 Å². The Balaban J connectivity index is 1.67. The molecule has 2 aliphatic rings. The molecule has 2 fully saturated rings. The molecule has 1 saturated carbocycles. The molecule has 1 saturated heterocycles. The predicted octanol–water partition coefficient (Wildman–Crippen LogP) is 1.58. The fourth-order valence-corrected chi connectivity index (χ4v) is 2.65. The third-order valence-corrected chi connectivity index (χ3v) is 4.15. The fraction of sp³-hybridized carbons (Fsp3) is 0.438. The summed E-state index contributed by atoms with van der Waals surface area (Å²) in [7, 11) is 0. The van der Waals surface area contributed by atoms with Crippen LogP contribution >= 0.6 is 0 Å². The highest BCUT2D eigenvalue weighted by Gasteiger charge is 2.32. The summed E-state index contributed by atoms with van der Waals surface area (Å²) >= 11 is 0. The first kappa shape index (κ1) is 14.6. The van der Waals surface area contributed by atoms with Crippen LogP contribution in [0, 0.1) is 11.8 Å². The van der Waals surface area contributed by atoms with Gasteiger partial charge in [0, 0.05) is 30.3 Å². The first-order valence-electron chi connectivity index (χ1n) is 7.47. The Morgan fingerprint density at radius 3 is 2.55 bits per heavy atom. The van der Waals surface area contributed by atoms with E-state index in [-0.39, 0.29) is 24.3 Å². The summed E-state index contributed by atoms with van der Waals surface area (Å²) in [6.07, 6.45) is 2.34. The Kier molecular flexibility index (Phi) is 3.83. The van der Waals surface area contributed by atoms with Crippen molar-refractivity contribution in [2.75, 3.05) is 18.4 Å². The van der Waals surface area contributed by atoms with Crippen LogP contribution in [0.5, 0.6) is 0 Å². The van der Waals surface area contributed by atoms with Crippen molar-refractivity contribution in [3.8, 4) is 0 Å². The van der Waals surface area contributed by atoms with Gasteiger partial charge in [-0.3, -0.25) is 14.4 Å². The number of hydrogen-bond donors (Lipinski definition) is 2. The molecule has 0 bridgehead atoms. The SMILES string of the molecule is O=C(O)C1CCN(C(=O)c2cccc(NC(=O)C3CC3)c2)C1. The van der Waals surface area contributed by atoms with Gasteiger partial charge in [0.1, 0.15) is 0 Å². The second kappa shape index (κ2) is 5.79. The average molecular weight is 302 g/mol. The zero-order chi connectivity index (χ0) is 15.7. The van der Waals surface area contributed by atoms with Gasteiger partial charge in [0.25, 0.3) is 5.91 Å². The van der Waals surface area contributed by atoms with Crippen LogP contribution in [0.1, 0.15) is 29.6 Å². The fourth-order valence-electron chi connectivity index (χ4n) is 2.65.